The lowest BCUT2D eigenvalue weighted by atomic mass is 9.91. The maximum Gasteiger partial charge on any atom is 0.336 e. The van der Waals surface area contributed by atoms with Crippen LogP contribution in [0.25, 0.3) is 10.8 Å². The third-order valence-electron chi connectivity index (χ3n) is 4.13. The van der Waals surface area contributed by atoms with Crippen LogP contribution in [0.3, 0.4) is 0 Å². The van der Waals surface area contributed by atoms with Crippen LogP contribution in [-0.2, 0) is 0 Å². The molecular weight excluding hydrogens is 366 g/mol. The molecule has 0 aromatic heterocycles. The molecule has 3 aromatic rings. The van der Waals surface area contributed by atoms with Gasteiger partial charge in [0.05, 0.1) is 16.7 Å². The number of hydrogen-bond donors (Lipinski definition) is 4. The first kappa shape index (κ1) is 18.6. The maximum atomic E-state index is 12.8. The van der Waals surface area contributed by atoms with Gasteiger partial charge in [-0.3, -0.25) is 4.79 Å². The Morgan fingerprint density at radius 1 is 0.571 bits per heavy atom. The predicted molar refractivity (Wildman–Crippen MR) is 99.2 cm³/mol. The van der Waals surface area contributed by atoms with Crippen LogP contribution in [0.15, 0.2) is 54.6 Å². The Hall–Kier alpha value is -4.20. The molecule has 0 aliphatic rings. The van der Waals surface area contributed by atoms with Gasteiger partial charge in [-0.25, -0.2) is 14.4 Å². The molecule has 4 N–H and O–H groups in total. The standard InChI is InChI=1S/C20H13NO7/c22-17(21-10-4-2-1-3-5-10)11-6-7-13(19(25)26)16-14(20(27)28)9-8-12(15(11)16)18(23)24/h1-9H,(H,21,22)(H,23,24)(H,25,26)(H,27,28). The highest BCUT2D eigenvalue weighted by Gasteiger charge is 2.25. The van der Waals surface area contributed by atoms with E-state index in [1.807, 2.05) is 0 Å². The normalized spacial score (nSPS) is 10.4. The molecule has 140 valence electrons. The number of anilines is 1. The fraction of sp³-hybridized carbons (Fsp3) is 0. The number of carboxylic acids is 3. The van der Waals surface area contributed by atoms with E-state index in [9.17, 15) is 34.5 Å². The number of aromatic carboxylic acids is 3. The van der Waals surface area contributed by atoms with Gasteiger partial charge >= 0.3 is 17.9 Å². The zero-order chi connectivity index (χ0) is 20.4. The molecule has 0 saturated heterocycles. The highest BCUT2D eigenvalue weighted by atomic mass is 16.4. The van der Waals surface area contributed by atoms with Crippen LogP contribution in [0.4, 0.5) is 5.69 Å². The van der Waals surface area contributed by atoms with Gasteiger partial charge in [0.2, 0.25) is 0 Å². The molecule has 0 radical (unpaired) electrons. The SMILES string of the molecule is O=C(O)c1ccc(C(=O)O)c2c(C(=O)Nc3ccccc3)ccc(C(=O)O)c12. The van der Waals surface area contributed by atoms with Crippen molar-refractivity contribution in [1.82, 2.24) is 0 Å². The van der Waals surface area contributed by atoms with Gasteiger partial charge in [0, 0.05) is 22.0 Å². The molecule has 3 aromatic carbocycles. The van der Waals surface area contributed by atoms with E-state index in [1.54, 1.807) is 30.3 Å². The molecule has 8 nitrogen and oxygen atoms in total. The first-order valence-electron chi connectivity index (χ1n) is 7.97. The summed E-state index contributed by atoms with van der Waals surface area (Å²) in [6.07, 6.45) is 0. The van der Waals surface area contributed by atoms with Crippen molar-refractivity contribution in [2.24, 2.45) is 0 Å². The topological polar surface area (TPSA) is 141 Å². The van der Waals surface area contributed by atoms with Gasteiger partial charge in [-0.2, -0.15) is 0 Å². The van der Waals surface area contributed by atoms with E-state index in [4.69, 9.17) is 0 Å². The van der Waals surface area contributed by atoms with Crippen LogP contribution >= 0.6 is 0 Å². The third kappa shape index (κ3) is 3.26. The minimum absolute atomic E-state index is 0.149. The van der Waals surface area contributed by atoms with Crippen LogP contribution in [0.5, 0.6) is 0 Å². The number of hydrogen-bond acceptors (Lipinski definition) is 4. The number of carbonyl (C=O) groups excluding carboxylic acids is 1. The Balaban J connectivity index is 2.35. The molecule has 0 spiro atoms. The Labute approximate surface area is 157 Å². The van der Waals surface area contributed by atoms with Gasteiger partial charge in [0.25, 0.3) is 5.91 Å². The van der Waals surface area contributed by atoms with Crippen molar-refractivity contribution in [2.45, 2.75) is 0 Å². The van der Waals surface area contributed by atoms with Gasteiger partial charge in [-0.15, -0.1) is 0 Å². The second-order valence-corrected chi connectivity index (χ2v) is 5.81. The monoisotopic (exact) mass is 379 g/mol. The van der Waals surface area contributed by atoms with E-state index in [0.29, 0.717) is 5.69 Å². The molecule has 0 heterocycles. The van der Waals surface area contributed by atoms with E-state index in [2.05, 4.69) is 5.32 Å². The molecule has 0 fully saturated rings. The van der Waals surface area contributed by atoms with Gasteiger partial charge < -0.3 is 20.6 Å². The highest BCUT2D eigenvalue weighted by Crippen LogP contribution is 2.31. The van der Waals surface area contributed by atoms with Crippen LogP contribution in [0.1, 0.15) is 41.4 Å². The Bertz CT molecular complexity index is 1120. The number of carbonyl (C=O) groups is 4. The molecular formula is C20H13NO7. The average Bonchev–Trinajstić information content (AvgIpc) is 2.66. The molecule has 28 heavy (non-hydrogen) atoms. The number of amides is 1. The Morgan fingerprint density at radius 3 is 1.39 bits per heavy atom. The van der Waals surface area contributed by atoms with Crippen LogP contribution in [0.2, 0.25) is 0 Å². The number of nitrogens with one attached hydrogen (secondary N) is 1. The third-order valence-corrected chi connectivity index (χ3v) is 4.13. The van der Waals surface area contributed by atoms with Crippen molar-refractivity contribution < 1.29 is 34.5 Å². The smallest absolute Gasteiger partial charge is 0.336 e. The molecule has 0 atom stereocenters. The molecule has 0 bridgehead atoms. The van der Waals surface area contributed by atoms with E-state index in [0.717, 1.165) is 18.2 Å². The van der Waals surface area contributed by atoms with E-state index < -0.39 is 34.9 Å². The van der Waals surface area contributed by atoms with E-state index in [-0.39, 0.29) is 21.9 Å². The minimum Gasteiger partial charge on any atom is -0.478 e. The summed E-state index contributed by atoms with van der Waals surface area (Å²) in [4.78, 5) is 47.7. The Morgan fingerprint density at radius 2 is 0.964 bits per heavy atom. The second kappa shape index (κ2) is 7.20. The fourth-order valence-corrected chi connectivity index (χ4v) is 2.94. The molecule has 0 unspecified atom stereocenters. The maximum absolute atomic E-state index is 12.8. The van der Waals surface area contributed by atoms with Crippen molar-refractivity contribution in [1.29, 1.82) is 0 Å². The predicted octanol–water partition coefficient (Wildman–Crippen LogP) is 3.19. The van der Waals surface area contributed by atoms with Crippen LogP contribution < -0.4 is 5.32 Å². The second-order valence-electron chi connectivity index (χ2n) is 5.81. The van der Waals surface area contributed by atoms with Gasteiger partial charge in [0.1, 0.15) is 0 Å². The lowest BCUT2D eigenvalue weighted by molar-refractivity contribution is 0.0681. The van der Waals surface area contributed by atoms with E-state index in [1.165, 1.54) is 6.07 Å². The molecule has 3 rings (SSSR count). The summed E-state index contributed by atoms with van der Waals surface area (Å²) >= 11 is 0. The average molecular weight is 379 g/mol. The number of benzene rings is 3. The number of para-hydroxylation sites is 1. The Kier molecular flexibility index (Phi) is 4.78. The van der Waals surface area contributed by atoms with Crippen molar-refractivity contribution in [3.05, 3.63) is 76.9 Å². The summed E-state index contributed by atoms with van der Waals surface area (Å²) in [6, 6.07) is 12.7. The van der Waals surface area contributed by atoms with Gasteiger partial charge in [-0.05, 0) is 36.4 Å². The zero-order valence-electron chi connectivity index (χ0n) is 14.2. The molecule has 8 heteroatoms. The molecule has 0 aliphatic heterocycles. The fourth-order valence-electron chi connectivity index (χ4n) is 2.94. The minimum atomic E-state index is -1.44. The molecule has 0 aliphatic carbocycles. The summed E-state index contributed by atoms with van der Waals surface area (Å²) in [6.45, 7) is 0. The summed E-state index contributed by atoms with van der Waals surface area (Å²) in [5.41, 5.74) is -0.904. The van der Waals surface area contributed by atoms with Crippen LogP contribution in [0, 0.1) is 0 Å². The number of rotatable bonds is 5. The van der Waals surface area contributed by atoms with Crippen molar-refractivity contribution >= 4 is 40.3 Å². The summed E-state index contributed by atoms with van der Waals surface area (Å²) in [7, 11) is 0. The lowest BCUT2D eigenvalue weighted by Gasteiger charge is -2.14. The van der Waals surface area contributed by atoms with Crippen LogP contribution in [-0.4, -0.2) is 39.1 Å². The van der Waals surface area contributed by atoms with E-state index >= 15 is 0 Å². The summed E-state index contributed by atoms with van der Waals surface area (Å²) < 4.78 is 0. The summed E-state index contributed by atoms with van der Waals surface area (Å²) in [5, 5.41) is 30.4. The van der Waals surface area contributed by atoms with Crippen molar-refractivity contribution in [3.63, 3.8) is 0 Å². The molecule has 0 saturated carbocycles. The quantitative estimate of drug-likeness (QED) is 0.533. The summed E-state index contributed by atoms with van der Waals surface area (Å²) in [5.74, 6) is -4.99. The first-order chi connectivity index (χ1) is 13.3. The first-order valence-corrected chi connectivity index (χ1v) is 7.97. The zero-order valence-corrected chi connectivity index (χ0v) is 14.2. The number of fused-ring (bicyclic) bond motifs is 1. The highest BCUT2D eigenvalue weighted by molar-refractivity contribution is 6.24. The lowest BCUT2D eigenvalue weighted by Crippen LogP contribution is -2.16. The van der Waals surface area contributed by atoms with Gasteiger partial charge in [-0.1, -0.05) is 18.2 Å². The van der Waals surface area contributed by atoms with Crippen molar-refractivity contribution in [3.8, 4) is 0 Å². The van der Waals surface area contributed by atoms with Crippen molar-refractivity contribution in [2.75, 3.05) is 5.32 Å². The van der Waals surface area contributed by atoms with Gasteiger partial charge in [0.15, 0.2) is 0 Å². The molecule has 1 amide bonds. The largest absolute Gasteiger partial charge is 0.478 e. The number of carboxylic acid groups (broad SMARTS) is 3.